The molecule has 2 aliphatic heterocycles. The first kappa shape index (κ1) is 16.7. The fraction of sp³-hybridized carbons (Fsp3) is 0.684. The van der Waals surface area contributed by atoms with E-state index in [-0.39, 0.29) is 12.0 Å². The molecule has 23 heavy (non-hydrogen) atoms. The predicted molar refractivity (Wildman–Crippen MR) is 90.8 cm³/mol. The van der Waals surface area contributed by atoms with E-state index < -0.39 is 0 Å². The Labute approximate surface area is 139 Å². The molecule has 0 bridgehead atoms. The van der Waals surface area contributed by atoms with E-state index in [2.05, 4.69) is 30.0 Å². The lowest BCUT2D eigenvalue weighted by Gasteiger charge is -2.37. The van der Waals surface area contributed by atoms with Gasteiger partial charge < -0.3 is 14.6 Å². The van der Waals surface area contributed by atoms with Crippen molar-refractivity contribution in [2.24, 2.45) is 5.92 Å². The summed E-state index contributed by atoms with van der Waals surface area (Å²) in [6.07, 6.45) is 3.96. The standard InChI is InChI=1S/C19H29NO3/c1-2-15-5-3-6-16(13-15)23-12-10-20-9-4-7-18(20)17-14-22-11-8-19(17)21/h3,5-6,13,17-19,21H,2,4,7-12,14H2,1H3/t17-,18-,19+/m1/s1. The van der Waals surface area contributed by atoms with Crippen LogP contribution in [0.15, 0.2) is 24.3 Å². The van der Waals surface area contributed by atoms with Crippen LogP contribution in [0.2, 0.25) is 0 Å². The van der Waals surface area contributed by atoms with Gasteiger partial charge in [-0.05, 0) is 49.9 Å². The van der Waals surface area contributed by atoms with Gasteiger partial charge in [-0.1, -0.05) is 19.1 Å². The second kappa shape index (κ2) is 8.13. The molecule has 0 spiro atoms. The van der Waals surface area contributed by atoms with Gasteiger partial charge in [0.05, 0.1) is 12.7 Å². The van der Waals surface area contributed by atoms with E-state index in [1.807, 2.05) is 6.07 Å². The van der Waals surface area contributed by atoms with Crippen molar-refractivity contribution in [1.29, 1.82) is 0 Å². The predicted octanol–water partition coefficient (Wildman–Crippen LogP) is 2.49. The van der Waals surface area contributed by atoms with Crippen LogP contribution in [0.5, 0.6) is 5.75 Å². The summed E-state index contributed by atoms with van der Waals surface area (Å²) in [4.78, 5) is 2.48. The smallest absolute Gasteiger partial charge is 0.119 e. The SMILES string of the molecule is CCc1cccc(OCCN2CCC[C@@H]2[C@H]2COCC[C@@H]2O)c1. The summed E-state index contributed by atoms with van der Waals surface area (Å²) >= 11 is 0. The number of hydrogen-bond donors (Lipinski definition) is 1. The Morgan fingerprint density at radius 2 is 2.26 bits per heavy atom. The first-order valence-corrected chi connectivity index (χ1v) is 8.99. The first-order valence-electron chi connectivity index (χ1n) is 8.99. The zero-order valence-corrected chi connectivity index (χ0v) is 14.1. The molecule has 0 aliphatic carbocycles. The zero-order chi connectivity index (χ0) is 16.1. The van der Waals surface area contributed by atoms with Crippen LogP contribution in [0.3, 0.4) is 0 Å². The third-order valence-corrected chi connectivity index (χ3v) is 5.22. The maximum absolute atomic E-state index is 10.3. The van der Waals surface area contributed by atoms with Crippen LogP contribution < -0.4 is 4.74 Å². The maximum atomic E-state index is 10.3. The minimum Gasteiger partial charge on any atom is -0.492 e. The molecule has 1 N–H and O–H groups in total. The number of ether oxygens (including phenoxy) is 2. The second-order valence-electron chi connectivity index (χ2n) is 6.69. The minimum atomic E-state index is -0.212. The third-order valence-electron chi connectivity index (χ3n) is 5.22. The molecule has 0 radical (unpaired) electrons. The van der Waals surface area contributed by atoms with Crippen molar-refractivity contribution in [2.45, 2.75) is 44.8 Å². The van der Waals surface area contributed by atoms with E-state index in [0.29, 0.717) is 25.9 Å². The topological polar surface area (TPSA) is 41.9 Å². The van der Waals surface area contributed by atoms with E-state index in [1.54, 1.807) is 0 Å². The van der Waals surface area contributed by atoms with Crippen molar-refractivity contribution >= 4 is 0 Å². The number of aliphatic hydroxyl groups excluding tert-OH is 1. The average molecular weight is 319 g/mol. The summed E-state index contributed by atoms with van der Waals surface area (Å²) in [6, 6.07) is 8.78. The lowest BCUT2D eigenvalue weighted by molar-refractivity contribution is -0.0634. The summed E-state index contributed by atoms with van der Waals surface area (Å²) < 4.78 is 11.5. The molecule has 4 nitrogen and oxygen atoms in total. The highest BCUT2D eigenvalue weighted by Gasteiger charge is 2.37. The van der Waals surface area contributed by atoms with Crippen molar-refractivity contribution in [2.75, 3.05) is 32.9 Å². The van der Waals surface area contributed by atoms with Gasteiger partial charge >= 0.3 is 0 Å². The molecule has 0 aromatic heterocycles. The molecule has 2 saturated heterocycles. The van der Waals surface area contributed by atoms with Gasteiger partial charge in [0, 0.05) is 25.1 Å². The summed E-state index contributed by atoms with van der Waals surface area (Å²) in [5.41, 5.74) is 1.31. The fourth-order valence-corrected chi connectivity index (χ4v) is 3.87. The number of aryl methyl sites for hydroxylation is 1. The maximum Gasteiger partial charge on any atom is 0.119 e. The molecule has 1 aromatic rings. The molecular weight excluding hydrogens is 290 g/mol. The summed E-state index contributed by atoms with van der Waals surface area (Å²) in [6.45, 7) is 6.28. The molecule has 0 amide bonds. The number of hydrogen-bond acceptors (Lipinski definition) is 4. The summed E-state index contributed by atoms with van der Waals surface area (Å²) in [7, 11) is 0. The van der Waals surface area contributed by atoms with Crippen LogP contribution in [0.25, 0.3) is 0 Å². The van der Waals surface area contributed by atoms with Gasteiger partial charge in [0.2, 0.25) is 0 Å². The van der Waals surface area contributed by atoms with Crippen LogP contribution in [-0.2, 0) is 11.2 Å². The van der Waals surface area contributed by atoms with Gasteiger partial charge in [0.25, 0.3) is 0 Å². The van der Waals surface area contributed by atoms with Crippen molar-refractivity contribution in [1.82, 2.24) is 4.90 Å². The number of rotatable bonds is 6. The molecule has 2 heterocycles. The number of nitrogens with zero attached hydrogens (tertiary/aromatic N) is 1. The number of likely N-dealkylation sites (tertiary alicyclic amines) is 1. The van der Waals surface area contributed by atoms with Crippen LogP contribution in [0.4, 0.5) is 0 Å². The number of aliphatic hydroxyl groups is 1. The Morgan fingerprint density at radius 1 is 1.35 bits per heavy atom. The number of benzene rings is 1. The van der Waals surface area contributed by atoms with E-state index in [9.17, 15) is 5.11 Å². The molecule has 2 aliphatic rings. The molecule has 128 valence electrons. The highest BCUT2D eigenvalue weighted by molar-refractivity contribution is 5.28. The van der Waals surface area contributed by atoms with Gasteiger partial charge in [0.1, 0.15) is 12.4 Å². The molecule has 0 unspecified atom stereocenters. The zero-order valence-electron chi connectivity index (χ0n) is 14.1. The van der Waals surface area contributed by atoms with E-state index in [0.717, 1.165) is 38.1 Å². The van der Waals surface area contributed by atoms with Crippen LogP contribution in [-0.4, -0.2) is 55.1 Å². The van der Waals surface area contributed by atoms with Gasteiger partial charge in [-0.2, -0.15) is 0 Å². The Bertz CT molecular complexity index is 493. The normalized spacial score (nSPS) is 28.9. The van der Waals surface area contributed by atoms with Crippen molar-refractivity contribution in [3.05, 3.63) is 29.8 Å². The Balaban J connectivity index is 1.50. The summed E-state index contributed by atoms with van der Waals surface area (Å²) in [5, 5.41) is 10.3. The monoisotopic (exact) mass is 319 g/mol. The van der Waals surface area contributed by atoms with E-state index in [4.69, 9.17) is 9.47 Å². The highest BCUT2D eigenvalue weighted by Crippen LogP contribution is 2.29. The second-order valence-corrected chi connectivity index (χ2v) is 6.69. The lowest BCUT2D eigenvalue weighted by atomic mass is 9.89. The Hall–Kier alpha value is -1.10. The van der Waals surface area contributed by atoms with Crippen LogP contribution in [0, 0.1) is 5.92 Å². The quantitative estimate of drug-likeness (QED) is 0.875. The molecule has 4 heteroatoms. The average Bonchev–Trinajstić information content (AvgIpc) is 3.04. The lowest BCUT2D eigenvalue weighted by Crippen LogP contribution is -2.47. The molecule has 3 atom stereocenters. The van der Waals surface area contributed by atoms with Gasteiger partial charge in [0.15, 0.2) is 0 Å². The largest absolute Gasteiger partial charge is 0.492 e. The highest BCUT2D eigenvalue weighted by atomic mass is 16.5. The van der Waals surface area contributed by atoms with Crippen molar-refractivity contribution in [3.8, 4) is 5.75 Å². The summed E-state index contributed by atoms with van der Waals surface area (Å²) in [5.74, 6) is 1.22. The molecule has 0 saturated carbocycles. The molecular formula is C19H29NO3. The molecule has 1 aromatic carbocycles. The van der Waals surface area contributed by atoms with Crippen LogP contribution >= 0.6 is 0 Å². The molecule has 3 rings (SSSR count). The molecule has 2 fully saturated rings. The minimum absolute atomic E-state index is 0.212. The Kier molecular flexibility index (Phi) is 5.92. The van der Waals surface area contributed by atoms with Gasteiger partial charge in [-0.25, -0.2) is 0 Å². The van der Waals surface area contributed by atoms with Gasteiger partial charge in [-0.3, -0.25) is 4.90 Å². The van der Waals surface area contributed by atoms with Crippen LogP contribution in [0.1, 0.15) is 31.7 Å². The van der Waals surface area contributed by atoms with E-state index in [1.165, 1.54) is 12.0 Å². The van der Waals surface area contributed by atoms with E-state index >= 15 is 0 Å². The first-order chi connectivity index (χ1) is 11.3. The van der Waals surface area contributed by atoms with Crippen molar-refractivity contribution in [3.63, 3.8) is 0 Å². The van der Waals surface area contributed by atoms with Gasteiger partial charge in [-0.15, -0.1) is 0 Å². The Morgan fingerprint density at radius 3 is 3.09 bits per heavy atom. The third kappa shape index (κ3) is 4.25. The van der Waals surface area contributed by atoms with Crippen molar-refractivity contribution < 1.29 is 14.6 Å². The fourth-order valence-electron chi connectivity index (χ4n) is 3.87.